The summed E-state index contributed by atoms with van der Waals surface area (Å²) in [4.78, 5) is 22.1. The second kappa shape index (κ2) is 7.11. The first-order valence-electron chi connectivity index (χ1n) is 8.83. The molecular weight excluding hydrogens is 326 g/mol. The van der Waals surface area contributed by atoms with Gasteiger partial charge in [-0.3, -0.25) is 9.69 Å². The van der Waals surface area contributed by atoms with Crippen LogP contribution >= 0.6 is 23.1 Å². The first-order chi connectivity index (χ1) is 11.3. The predicted octanol–water partition coefficient (Wildman–Crippen LogP) is 2.81. The Morgan fingerprint density at radius 2 is 2.04 bits per heavy atom. The predicted molar refractivity (Wildman–Crippen MR) is 96.0 cm³/mol. The molecule has 0 radical (unpaired) electrons. The van der Waals surface area contributed by atoms with Crippen molar-refractivity contribution in [1.29, 1.82) is 0 Å². The molecule has 1 amide bonds. The number of aromatic nitrogens is 1. The second-order valence-corrected chi connectivity index (χ2v) is 9.08. The normalized spacial score (nSPS) is 26.4. The van der Waals surface area contributed by atoms with Crippen molar-refractivity contribution in [2.24, 2.45) is 5.92 Å². The molecular formula is C17H25N3OS2. The maximum atomic E-state index is 12.7. The van der Waals surface area contributed by atoms with Crippen molar-refractivity contribution >= 4 is 29.0 Å². The molecule has 3 fully saturated rings. The fraction of sp³-hybridized carbons (Fsp3) is 0.765. The van der Waals surface area contributed by atoms with Gasteiger partial charge in [-0.25, -0.2) is 4.98 Å². The number of carbonyl (C=O) groups is 1. The number of likely N-dealkylation sites (tertiary alicyclic amines) is 1. The van der Waals surface area contributed by atoms with E-state index in [-0.39, 0.29) is 5.92 Å². The number of amides is 1. The molecule has 0 bridgehead atoms. The van der Waals surface area contributed by atoms with Gasteiger partial charge in [0.15, 0.2) is 0 Å². The first kappa shape index (κ1) is 15.9. The van der Waals surface area contributed by atoms with E-state index in [0.29, 0.717) is 5.91 Å². The Kier molecular flexibility index (Phi) is 4.92. The summed E-state index contributed by atoms with van der Waals surface area (Å²) in [6, 6.07) is 0. The molecule has 2 saturated heterocycles. The van der Waals surface area contributed by atoms with Crippen LogP contribution in [-0.2, 0) is 11.3 Å². The quantitative estimate of drug-likeness (QED) is 0.836. The number of piperidine rings is 1. The molecule has 1 aromatic rings. The Balaban J connectivity index is 1.33. The van der Waals surface area contributed by atoms with Crippen LogP contribution in [0.15, 0.2) is 5.38 Å². The van der Waals surface area contributed by atoms with Crippen LogP contribution in [0.2, 0.25) is 0 Å². The van der Waals surface area contributed by atoms with E-state index in [2.05, 4.69) is 15.2 Å². The number of thioether (sulfide) groups is 1. The van der Waals surface area contributed by atoms with Crippen LogP contribution in [0.1, 0.15) is 42.3 Å². The van der Waals surface area contributed by atoms with Crippen molar-refractivity contribution in [3.63, 3.8) is 0 Å². The van der Waals surface area contributed by atoms with Gasteiger partial charge in [0.25, 0.3) is 0 Å². The van der Waals surface area contributed by atoms with Crippen LogP contribution in [0.3, 0.4) is 0 Å². The molecule has 1 aromatic heterocycles. The fourth-order valence-electron chi connectivity index (χ4n) is 3.58. The molecule has 4 rings (SSSR count). The summed E-state index contributed by atoms with van der Waals surface area (Å²) < 4.78 is 0. The zero-order chi connectivity index (χ0) is 15.6. The molecule has 0 aromatic carbocycles. The molecule has 23 heavy (non-hydrogen) atoms. The summed E-state index contributed by atoms with van der Waals surface area (Å²) in [5.74, 6) is 3.55. The number of hydrogen-bond donors (Lipinski definition) is 0. The van der Waals surface area contributed by atoms with E-state index in [9.17, 15) is 4.79 Å². The Bertz CT molecular complexity index is 552. The average Bonchev–Trinajstić information content (AvgIpc) is 3.35. The number of carbonyl (C=O) groups excluding carboxylic acids is 1. The zero-order valence-corrected chi connectivity index (χ0v) is 15.2. The van der Waals surface area contributed by atoms with Crippen LogP contribution in [0, 0.1) is 5.92 Å². The highest BCUT2D eigenvalue weighted by molar-refractivity contribution is 7.99. The van der Waals surface area contributed by atoms with Crippen molar-refractivity contribution < 1.29 is 4.79 Å². The van der Waals surface area contributed by atoms with E-state index >= 15 is 0 Å². The number of rotatable bonds is 4. The van der Waals surface area contributed by atoms with Gasteiger partial charge in [-0.15, -0.1) is 11.3 Å². The number of hydrogen-bond acceptors (Lipinski definition) is 5. The molecule has 1 saturated carbocycles. The summed E-state index contributed by atoms with van der Waals surface area (Å²) in [6.07, 6.45) is 4.84. The molecule has 6 heteroatoms. The van der Waals surface area contributed by atoms with Crippen LogP contribution in [0.5, 0.6) is 0 Å². The van der Waals surface area contributed by atoms with Gasteiger partial charge in [0, 0.05) is 49.0 Å². The summed E-state index contributed by atoms with van der Waals surface area (Å²) in [5.41, 5.74) is 1.21. The lowest BCUT2D eigenvalue weighted by molar-refractivity contribution is -0.137. The van der Waals surface area contributed by atoms with E-state index in [1.807, 2.05) is 23.1 Å². The molecule has 0 N–H and O–H groups in total. The van der Waals surface area contributed by atoms with Gasteiger partial charge in [-0.1, -0.05) is 0 Å². The van der Waals surface area contributed by atoms with E-state index in [1.165, 1.54) is 23.5 Å². The topological polar surface area (TPSA) is 36.4 Å². The van der Waals surface area contributed by atoms with Gasteiger partial charge in [-0.2, -0.15) is 11.8 Å². The lowest BCUT2D eigenvalue weighted by atomic mass is 9.96. The Hall–Kier alpha value is -0.590. The summed E-state index contributed by atoms with van der Waals surface area (Å²) >= 11 is 3.79. The van der Waals surface area contributed by atoms with Crippen LogP contribution in [-0.4, -0.2) is 58.4 Å². The van der Waals surface area contributed by atoms with Crippen LogP contribution in [0.4, 0.5) is 0 Å². The van der Waals surface area contributed by atoms with Gasteiger partial charge in [0.2, 0.25) is 5.91 Å². The standard InChI is InChI=1S/C17H25N3OS2/c21-17(20-6-8-22-9-7-20)14-2-1-5-19(10-14)11-15-12-23-16(18-15)13-3-4-13/h12-14H,1-11H2. The monoisotopic (exact) mass is 351 g/mol. The minimum absolute atomic E-state index is 0.202. The third-order valence-electron chi connectivity index (χ3n) is 5.06. The lowest BCUT2D eigenvalue weighted by Crippen LogP contribution is -2.47. The van der Waals surface area contributed by atoms with Crippen molar-refractivity contribution in [2.45, 2.75) is 38.1 Å². The molecule has 1 aliphatic carbocycles. The van der Waals surface area contributed by atoms with Crippen molar-refractivity contribution in [2.75, 3.05) is 37.7 Å². The summed E-state index contributed by atoms with van der Waals surface area (Å²) in [5, 5.41) is 3.55. The van der Waals surface area contributed by atoms with E-state index in [4.69, 9.17) is 4.98 Å². The van der Waals surface area contributed by atoms with Gasteiger partial charge in [-0.05, 0) is 32.2 Å². The van der Waals surface area contributed by atoms with E-state index in [1.54, 1.807) is 0 Å². The van der Waals surface area contributed by atoms with Gasteiger partial charge in [0.05, 0.1) is 16.6 Å². The van der Waals surface area contributed by atoms with Crippen molar-refractivity contribution in [1.82, 2.24) is 14.8 Å². The minimum atomic E-state index is 0.202. The van der Waals surface area contributed by atoms with Gasteiger partial charge >= 0.3 is 0 Å². The molecule has 4 nitrogen and oxygen atoms in total. The largest absolute Gasteiger partial charge is 0.341 e. The molecule has 2 aliphatic heterocycles. The molecule has 1 unspecified atom stereocenters. The SMILES string of the molecule is O=C(C1CCCN(Cc2csc(C3CC3)n2)C1)N1CCSCC1. The Morgan fingerprint density at radius 3 is 2.83 bits per heavy atom. The second-order valence-electron chi connectivity index (χ2n) is 6.96. The van der Waals surface area contributed by atoms with Crippen LogP contribution in [0.25, 0.3) is 0 Å². The molecule has 126 valence electrons. The molecule has 3 aliphatic rings. The number of thiazole rings is 1. The Morgan fingerprint density at radius 1 is 1.22 bits per heavy atom. The van der Waals surface area contributed by atoms with Crippen molar-refractivity contribution in [3.05, 3.63) is 16.1 Å². The minimum Gasteiger partial charge on any atom is -0.341 e. The lowest BCUT2D eigenvalue weighted by Gasteiger charge is -2.35. The third-order valence-corrected chi connectivity index (χ3v) is 7.06. The first-order valence-corrected chi connectivity index (χ1v) is 10.9. The maximum absolute atomic E-state index is 12.7. The maximum Gasteiger partial charge on any atom is 0.227 e. The van der Waals surface area contributed by atoms with E-state index < -0.39 is 0 Å². The molecule has 3 heterocycles. The summed E-state index contributed by atoms with van der Waals surface area (Å²) in [6.45, 7) is 4.82. The summed E-state index contributed by atoms with van der Waals surface area (Å²) in [7, 11) is 0. The van der Waals surface area contributed by atoms with E-state index in [0.717, 1.165) is 63.0 Å². The third kappa shape index (κ3) is 3.91. The highest BCUT2D eigenvalue weighted by atomic mass is 32.2. The highest BCUT2D eigenvalue weighted by Gasteiger charge is 2.31. The van der Waals surface area contributed by atoms with Crippen molar-refractivity contribution in [3.8, 4) is 0 Å². The van der Waals surface area contributed by atoms with Gasteiger partial charge in [0.1, 0.15) is 0 Å². The smallest absolute Gasteiger partial charge is 0.227 e. The Labute approximate surface area is 146 Å². The zero-order valence-electron chi connectivity index (χ0n) is 13.6. The molecule has 1 atom stereocenters. The number of nitrogens with zero attached hydrogens (tertiary/aromatic N) is 3. The van der Waals surface area contributed by atoms with Crippen LogP contribution < -0.4 is 0 Å². The molecule has 0 spiro atoms. The van der Waals surface area contributed by atoms with Gasteiger partial charge < -0.3 is 4.90 Å². The average molecular weight is 352 g/mol. The highest BCUT2D eigenvalue weighted by Crippen LogP contribution is 2.41. The fourth-order valence-corrected chi connectivity index (χ4v) is 5.47.